The molecule has 0 radical (unpaired) electrons. The smallest absolute Gasteiger partial charge is 0.385 e. The Labute approximate surface area is 154 Å². The molecule has 9 heteroatoms. The number of methoxy groups -OCH3 is 1. The van der Waals surface area contributed by atoms with Gasteiger partial charge in [-0.3, -0.25) is 4.79 Å². The van der Waals surface area contributed by atoms with Gasteiger partial charge in [-0.2, -0.15) is 23.5 Å². The van der Waals surface area contributed by atoms with Crippen molar-refractivity contribution in [3.05, 3.63) is 39.3 Å². The molecule has 0 aliphatic rings. The molecule has 0 aliphatic heterocycles. The summed E-state index contributed by atoms with van der Waals surface area (Å²) in [5, 5.41) is 13.0. The fourth-order valence-electron chi connectivity index (χ4n) is 2.36. The van der Waals surface area contributed by atoms with E-state index in [-0.39, 0.29) is 28.9 Å². The lowest BCUT2D eigenvalue weighted by molar-refractivity contribution is -0.137. The lowest BCUT2D eigenvalue weighted by Crippen LogP contribution is -2.26. The summed E-state index contributed by atoms with van der Waals surface area (Å²) in [5.41, 5.74) is -2.27. The summed E-state index contributed by atoms with van der Waals surface area (Å²) in [7, 11) is 1.68. The molecule has 0 unspecified atom stereocenters. The molecule has 1 aromatic heterocycles. The maximum absolute atomic E-state index is 13.1. The second-order valence-electron chi connectivity index (χ2n) is 5.79. The van der Waals surface area contributed by atoms with Crippen LogP contribution in [0, 0.1) is 11.3 Å². The van der Waals surface area contributed by atoms with Gasteiger partial charge in [-0.25, -0.2) is 4.68 Å². The summed E-state index contributed by atoms with van der Waals surface area (Å²) in [6, 6.07) is 3.27. The number of carbonyl (C=O) groups is 1. The molecule has 0 atom stereocenters. The van der Waals surface area contributed by atoms with E-state index in [0.29, 0.717) is 12.4 Å². The molecule has 0 saturated carbocycles. The van der Waals surface area contributed by atoms with Crippen molar-refractivity contribution in [1.82, 2.24) is 9.78 Å². The minimum atomic E-state index is -4.72. The Morgan fingerprint density at radius 1 is 1.37 bits per heavy atom. The van der Waals surface area contributed by atoms with Gasteiger partial charge >= 0.3 is 6.18 Å². The standard InChI is InChI=1S/C15H12F3N3O2.C3H8O/c1-8(2)13-12-9(14(23)21(20-13)5-6-22)3-4-11(10(12)7-19)15(16,17)18;1-3-4-2/h3-4,6,8H,5H2,1-2H3;3H2,1-2H3. The maximum atomic E-state index is 13.1. The van der Waals surface area contributed by atoms with E-state index in [1.54, 1.807) is 27.0 Å². The van der Waals surface area contributed by atoms with Gasteiger partial charge in [0.1, 0.15) is 18.9 Å². The monoisotopic (exact) mass is 383 g/mol. The van der Waals surface area contributed by atoms with E-state index in [4.69, 9.17) is 0 Å². The van der Waals surface area contributed by atoms with Crippen LogP contribution in [0.1, 0.15) is 43.5 Å². The van der Waals surface area contributed by atoms with E-state index in [1.807, 2.05) is 6.92 Å². The third kappa shape index (κ3) is 4.92. The van der Waals surface area contributed by atoms with Crippen molar-refractivity contribution < 1.29 is 22.7 Å². The van der Waals surface area contributed by atoms with Crippen LogP contribution in [-0.2, 0) is 22.3 Å². The highest BCUT2D eigenvalue weighted by Crippen LogP contribution is 2.36. The van der Waals surface area contributed by atoms with Crippen LogP contribution in [0.3, 0.4) is 0 Å². The minimum Gasteiger partial charge on any atom is -0.385 e. The lowest BCUT2D eigenvalue weighted by atomic mass is 9.95. The van der Waals surface area contributed by atoms with Crippen LogP contribution >= 0.6 is 0 Å². The van der Waals surface area contributed by atoms with Crippen LogP contribution in [0.25, 0.3) is 10.8 Å². The highest BCUT2D eigenvalue weighted by molar-refractivity contribution is 5.91. The van der Waals surface area contributed by atoms with Gasteiger partial charge in [0.2, 0.25) is 0 Å². The van der Waals surface area contributed by atoms with Crippen molar-refractivity contribution >= 4 is 17.1 Å². The number of halogens is 3. The summed E-state index contributed by atoms with van der Waals surface area (Å²) in [4.78, 5) is 22.9. The van der Waals surface area contributed by atoms with Crippen molar-refractivity contribution in [2.45, 2.75) is 39.4 Å². The fourth-order valence-corrected chi connectivity index (χ4v) is 2.36. The zero-order chi connectivity index (χ0) is 20.8. The molecule has 0 fully saturated rings. The first kappa shape index (κ1) is 22.3. The van der Waals surface area contributed by atoms with E-state index in [1.165, 1.54) is 0 Å². The van der Waals surface area contributed by atoms with Crippen molar-refractivity contribution in [3.63, 3.8) is 0 Å². The van der Waals surface area contributed by atoms with Crippen molar-refractivity contribution in [2.24, 2.45) is 0 Å². The first-order valence-corrected chi connectivity index (χ1v) is 8.11. The SMILES string of the molecule is CC(C)c1nn(CC=O)c(=O)c2ccc(C(F)(F)F)c(C#N)c12.CCOC. The van der Waals surface area contributed by atoms with E-state index in [2.05, 4.69) is 9.84 Å². The number of rotatable bonds is 4. The Balaban J connectivity index is 0.000000828. The van der Waals surface area contributed by atoms with E-state index < -0.39 is 22.9 Å². The molecular formula is C18H20F3N3O3. The van der Waals surface area contributed by atoms with Crippen molar-refractivity contribution in [3.8, 4) is 6.07 Å². The molecular weight excluding hydrogens is 363 g/mol. The molecule has 2 aromatic rings. The van der Waals surface area contributed by atoms with Crippen LogP contribution in [0.4, 0.5) is 13.2 Å². The number of ether oxygens (including phenoxy) is 1. The van der Waals surface area contributed by atoms with Gasteiger partial charge in [0.05, 0.1) is 22.2 Å². The van der Waals surface area contributed by atoms with Crippen LogP contribution in [0.2, 0.25) is 0 Å². The molecule has 0 amide bonds. The largest absolute Gasteiger partial charge is 0.417 e. The Bertz CT molecular complexity index is 910. The van der Waals surface area contributed by atoms with Gasteiger partial charge in [0.15, 0.2) is 0 Å². The first-order chi connectivity index (χ1) is 12.6. The third-order valence-corrected chi connectivity index (χ3v) is 3.65. The average molecular weight is 383 g/mol. The third-order valence-electron chi connectivity index (χ3n) is 3.65. The number of hydrogen-bond donors (Lipinski definition) is 0. The Hall–Kier alpha value is -2.73. The molecule has 6 nitrogen and oxygen atoms in total. The number of fused-ring (bicyclic) bond motifs is 1. The van der Waals surface area contributed by atoms with Crippen LogP contribution < -0.4 is 5.56 Å². The molecule has 0 spiro atoms. The second-order valence-corrected chi connectivity index (χ2v) is 5.79. The van der Waals surface area contributed by atoms with Gasteiger partial charge in [0, 0.05) is 19.1 Å². The number of aldehydes is 1. The summed E-state index contributed by atoms with van der Waals surface area (Å²) >= 11 is 0. The number of aromatic nitrogens is 2. The molecule has 0 bridgehead atoms. The summed E-state index contributed by atoms with van der Waals surface area (Å²) < 4.78 is 44.7. The highest BCUT2D eigenvalue weighted by atomic mass is 19.4. The normalized spacial score (nSPS) is 11.1. The number of carbonyl (C=O) groups excluding carboxylic acids is 1. The van der Waals surface area contributed by atoms with Crippen LogP contribution in [0.15, 0.2) is 16.9 Å². The van der Waals surface area contributed by atoms with Gasteiger partial charge in [-0.1, -0.05) is 13.8 Å². The topological polar surface area (TPSA) is 85.0 Å². The molecule has 1 aromatic carbocycles. The van der Waals surface area contributed by atoms with Crippen molar-refractivity contribution in [2.75, 3.05) is 13.7 Å². The van der Waals surface area contributed by atoms with Crippen molar-refractivity contribution in [1.29, 1.82) is 5.26 Å². The quantitative estimate of drug-likeness (QED) is 0.757. The molecule has 0 aliphatic carbocycles. The number of nitriles is 1. The zero-order valence-corrected chi connectivity index (χ0v) is 15.4. The minimum absolute atomic E-state index is 0.0601. The zero-order valence-electron chi connectivity index (χ0n) is 15.4. The van der Waals surface area contributed by atoms with Crippen LogP contribution in [0.5, 0.6) is 0 Å². The van der Waals surface area contributed by atoms with Gasteiger partial charge in [0.25, 0.3) is 5.56 Å². The summed E-state index contributed by atoms with van der Waals surface area (Å²) in [5.74, 6) is -0.341. The number of nitrogens with zero attached hydrogens (tertiary/aromatic N) is 3. The average Bonchev–Trinajstić information content (AvgIpc) is 2.62. The molecule has 2 rings (SSSR count). The second kappa shape index (κ2) is 9.28. The lowest BCUT2D eigenvalue weighted by Gasteiger charge is -2.16. The Morgan fingerprint density at radius 2 is 1.96 bits per heavy atom. The predicted octanol–water partition coefficient (Wildman–Crippen LogP) is 3.26. The molecule has 146 valence electrons. The molecule has 27 heavy (non-hydrogen) atoms. The van der Waals surface area contributed by atoms with Gasteiger partial charge in [-0.15, -0.1) is 0 Å². The van der Waals surface area contributed by atoms with E-state index in [0.717, 1.165) is 17.4 Å². The number of benzene rings is 1. The number of alkyl halides is 3. The van der Waals surface area contributed by atoms with Crippen LogP contribution in [-0.4, -0.2) is 29.8 Å². The van der Waals surface area contributed by atoms with Gasteiger partial charge < -0.3 is 9.53 Å². The number of hydrogen-bond acceptors (Lipinski definition) is 5. The molecule has 1 heterocycles. The predicted molar refractivity (Wildman–Crippen MR) is 93.4 cm³/mol. The Kier molecular flexibility index (Phi) is 7.67. The highest BCUT2D eigenvalue weighted by Gasteiger charge is 2.35. The molecule has 0 N–H and O–H groups in total. The maximum Gasteiger partial charge on any atom is 0.417 e. The first-order valence-electron chi connectivity index (χ1n) is 8.11. The van der Waals surface area contributed by atoms with Gasteiger partial charge in [-0.05, 0) is 25.0 Å². The molecule has 0 saturated heterocycles. The van der Waals surface area contributed by atoms with E-state index in [9.17, 15) is 28.0 Å². The summed E-state index contributed by atoms with van der Waals surface area (Å²) in [6.07, 6.45) is -4.25. The van der Waals surface area contributed by atoms with E-state index >= 15 is 0 Å². The fraction of sp³-hybridized carbons (Fsp3) is 0.444. The Morgan fingerprint density at radius 3 is 2.37 bits per heavy atom. The summed E-state index contributed by atoms with van der Waals surface area (Å²) in [6.45, 7) is 5.83.